The number of likely N-dealkylation sites (tertiary alicyclic amines) is 2. The van der Waals surface area contributed by atoms with Crippen molar-refractivity contribution in [3.8, 4) is 0 Å². The van der Waals surface area contributed by atoms with E-state index in [1.807, 2.05) is 29.0 Å². The van der Waals surface area contributed by atoms with E-state index in [1.165, 1.54) is 0 Å². The molecule has 2 amide bonds. The lowest BCUT2D eigenvalue weighted by Crippen LogP contribution is -2.62. The van der Waals surface area contributed by atoms with Crippen molar-refractivity contribution >= 4 is 11.8 Å². The van der Waals surface area contributed by atoms with Crippen LogP contribution in [0.25, 0.3) is 0 Å². The first kappa shape index (κ1) is 17.0. The molecule has 0 radical (unpaired) electrons. The van der Waals surface area contributed by atoms with Gasteiger partial charge in [0.05, 0.1) is 5.69 Å². The SMILES string of the molecule is Cc1ccn(CCC(=O)N2CCCC23CCCN(C(C)C)C3=O)n1. The maximum atomic E-state index is 13.1. The predicted octanol–water partition coefficient (Wildman–Crippen LogP) is 1.97. The molecule has 0 aliphatic carbocycles. The number of carbonyl (C=O) groups is 2. The Bertz CT molecular complexity index is 624. The number of aryl methyl sites for hydroxylation is 2. The number of hydrogen-bond acceptors (Lipinski definition) is 3. The standard InChI is InChI=1S/C18H28N4O2/c1-14(2)21-10-4-8-18(17(21)24)9-5-11-22(18)16(23)7-13-20-12-6-15(3)19-20/h6,12,14H,4-5,7-11,13H2,1-3H3. The Labute approximate surface area is 143 Å². The first-order valence-electron chi connectivity index (χ1n) is 9.06. The molecule has 2 saturated heterocycles. The Balaban J connectivity index is 1.72. The second-order valence-corrected chi connectivity index (χ2v) is 7.35. The molecule has 1 spiro atoms. The van der Waals surface area contributed by atoms with Gasteiger partial charge in [0.25, 0.3) is 0 Å². The van der Waals surface area contributed by atoms with Crippen LogP contribution in [0.1, 0.15) is 51.6 Å². The van der Waals surface area contributed by atoms with E-state index in [1.54, 1.807) is 4.68 Å². The highest BCUT2D eigenvalue weighted by Gasteiger charge is 2.52. The van der Waals surface area contributed by atoms with Crippen LogP contribution in [0.2, 0.25) is 0 Å². The lowest BCUT2D eigenvalue weighted by Gasteiger charge is -2.46. The van der Waals surface area contributed by atoms with Crippen LogP contribution in [0.4, 0.5) is 0 Å². The zero-order valence-electron chi connectivity index (χ0n) is 15.0. The number of nitrogens with zero attached hydrogens (tertiary/aromatic N) is 4. The van der Waals surface area contributed by atoms with Gasteiger partial charge in [-0.05, 0) is 52.5 Å². The van der Waals surface area contributed by atoms with Gasteiger partial charge in [-0.25, -0.2) is 0 Å². The molecule has 0 bridgehead atoms. The van der Waals surface area contributed by atoms with Gasteiger partial charge in [0.2, 0.25) is 11.8 Å². The molecule has 1 atom stereocenters. The van der Waals surface area contributed by atoms with Gasteiger partial charge < -0.3 is 9.80 Å². The van der Waals surface area contributed by atoms with E-state index in [0.717, 1.165) is 37.9 Å². The number of hydrogen-bond donors (Lipinski definition) is 0. The van der Waals surface area contributed by atoms with Crippen LogP contribution < -0.4 is 0 Å². The fourth-order valence-corrected chi connectivity index (χ4v) is 4.17. The molecule has 1 aromatic heterocycles. The van der Waals surface area contributed by atoms with Gasteiger partial charge in [-0.3, -0.25) is 14.3 Å². The second kappa shape index (κ2) is 6.57. The smallest absolute Gasteiger partial charge is 0.248 e. The molecule has 3 heterocycles. The number of carbonyl (C=O) groups excluding carboxylic acids is 2. The summed E-state index contributed by atoms with van der Waals surface area (Å²) in [6, 6.07) is 2.13. The van der Waals surface area contributed by atoms with Crippen LogP contribution in [-0.2, 0) is 16.1 Å². The fourth-order valence-electron chi connectivity index (χ4n) is 4.17. The monoisotopic (exact) mass is 332 g/mol. The van der Waals surface area contributed by atoms with Crippen molar-refractivity contribution in [2.24, 2.45) is 0 Å². The topological polar surface area (TPSA) is 58.4 Å². The van der Waals surface area contributed by atoms with Crippen LogP contribution in [0.15, 0.2) is 12.3 Å². The summed E-state index contributed by atoms with van der Waals surface area (Å²) in [6.07, 6.45) is 5.81. The van der Waals surface area contributed by atoms with Gasteiger partial charge >= 0.3 is 0 Å². The highest BCUT2D eigenvalue weighted by Crippen LogP contribution is 2.39. The molecule has 24 heavy (non-hydrogen) atoms. The summed E-state index contributed by atoms with van der Waals surface area (Å²) in [5, 5.41) is 4.33. The summed E-state index contributed by atoms with van der Waals surface area (Å²) in [5.74, 6) is 0.240. The molecule has 1 unspecified atom stereocenters. The van der Waals surface area contributed by atoms with Gasteiger partial charge in [-0.2, -0.15) is 5.10 Å². The average Bonchev–Trinajstić information content (AvgIpc) is 3.14. The van der Waals surface area contributed by atoms with Crippen molar-refractivity contribution in [1.29, 1.82) is 0 Å². The Hall–Kier alpha value is -1.85. The Kier molecular flexibility index (Phi) is 4.65. The average molecular weight is 332 g/mol. The van der Waals surface area contributed by atoms with Crippen LogP contribution in [0.3, 0.4) is 0 Å². The number of aromatic nitrogens is 2. The summed E-state index contributed by atoms with van der Waals surface area (Å²) in [5.41, 5.74) is 0.370. The largest absolute Gasteiger partial charge is 0.338 e. The highest BCUT2D eigenvalue weighted by molar-refractivity contribution is 5.92. The third-order valence-corrected chi connectivity index (χ3v) is 5.39. The summed E-state index contributed by atoms with van der Waals surface area (Å²) in [6.45, 7) is 8.13. The molecule has 132 valence electrons. The zero-order chi connectivity index (χ0) is 17.3. The van der Waals surface area contributed by atoms with Crippen LogP contribution in [0.5, 0.6) is 0 Å². The minimum atomic E-state index is -0.584. The summed E-state index contributed by atoms with van der Waals surface area (Å²) >= 11 is 0. The van der Waals surface area contributed by atoms with Gasteiger partial charge in [0.15, 0.2) is 0 Å². The van der Waals surface area contributed by atoms with Crippen LogP contribution >= 0.6 is 0 Å². The summed E-state index contributed by atoms with van der Waals surface area (Å²) in [7, 11) is 0. The number of amides is 2. The normalized spacial score (nSPS) is 24.4. The van der Waals surface area contributed by atoms with E-state index in [-0.39, 0.29) is 17.9 Å². The van der Waals surface area contributed by atoms with Crippen molar-refractivity contribution in [3.05, 3.63) is 18.0 Å². The highest BCUT2D eigenvalue weighted by atomic mass is 16.2. The Morgan fingerprint density at radius 3 is 2.62 bits per heavy atom. The van der Waals surface area contributed by atoms with E-state index < -0.39 is 5.54 Å². The Morgan fingerprint density at radius 2 is 2.00 bits per heavy atom. The summed E-state index contributed by atoms with van der Waals surface area (Å²) in [4.78, 5) is 29.8. The lowest BCUT2D eigenvalue weighted by atomic mass is 9.84. The predicted molar refractivity (Wildman–Crippen MR) is 91.3 cm³/mol. The minimum absolute atomic E-state index is 0.0830. The maximum Gasteiger partial charge on any atom is 0.248 e. The second-order valence-electron chi connectivity index (χ2n) is 7.35. The molecule has 2 fully saturated rings. The molecule has 1 aromatic rings. The van der Waals surface area contributed by atoms with E-state index in [4.69, 9.17) is 0 Å². The van der Waals surface area contributed by atoms with Crippen LogP contribution in [-0.4, -0.2) is 56.1 Å². The molecule has 2 aliphatic heterocycles. The molecular weight excluding hydrogens is 304 g/mol. The maximum absolute atomic E-state index is 13.1. The third kappa shape index (κ3) is 2.94. The minimum Gasteiger partial charge on any atom is -0.338 e. The molecule has 0 N–H and O–H groups in total. The third-order valence-electron chi connectivity index (χ3n) is 5.39. The van der Waals surface area contributed by atoms with Gasteiger partial charge in [-0.1, -0.05) is 0 Å². The molecule has 0 aromatic carbocycles. The van der Waals surface area contributed by atoms with Gasteiger partial charge in [0, 0.05) is 38.3 Å². The summed E-state index contributed by atoms with van der Waals surface area (Å²) < 4.78 is 1.80. The number of rotatable bonds is 4. The molecule has 2 aliphatic rings. The lowest BCUT2D eigenvalue weighted by molar-refractivity contribution is -0.157. The Morgan fingerprint density at radius 1 is 1.29 bits per heavy atom. The van der Waals surface area contributed by atoms with Gasteiger partial charge in [0.1, 0.15) is 5.54 Å². The van der Waals surface area contributed by atoms with Crippen molar-refractivity contribution in [3.63, 3.8) is 0 Å². The van der Waals surface area contributed by atoms with E-state index >= 15 is 0 Å². The van der Waals surface area contributed by atoms with Crippen molar-refractivity contribution in [2.45, 2.75) is 71.0 Å². The molecular formula is C18H28N4O2. The fraction of sp³-hybridized carbons (Fsp3) is 0.722. The van der Waals surface area contributed by atoms with Crippen molar-refractivity contribution in [2.75, 3.05) is 13.1 Å². The first-order valence-corrected chi connectivity index (χ1v) is 9.06. The first-order chi connectivity index (χ1) is 11.4. The zero-order valence-corrected chi connectivity index (χ0v) is 15.0. The van der Waals surface area contributed by atoms with E-state index in [9.17, 15) is 9.59 Å². The quantitative estimate of drug-likeness (QED) is 0.847. The van der Waals surface area contributed by atoms with E-state index in [2.05, 4.69) is 18.9 Å². The van der Waals surface area contributed by atoms with Crippen molar-refractivity contribution < 1.29 is 9.59 Å². The molecule has 6 heteroatoms. The molecule has 6 nitrogen and oxygen atoms in total. The molecule has 3 rings (SSSR count). The van der Waals surface area contributed by atoms with Gasteiger partial charge in [-0.15, -0.1) is 0 Å². The number of piperidine rings is 1. The molecule has 0 saturated carbocycles. The van der Waals surface area contributed by atoms with Crippen molar-refractivity contribution in [1.82, 2.24) is 19.6 Å². The van der Waals surface area contributed by atoms with Crippen LogP contribution in [0, 0.1) is 6.92 Å². The van der Waals surface area contributed by atoms with E-state index in [0.29, 0.717) is 19.5 Å².